The molecule has 2 aromatic carbocycles. The molecule has 1 spiro atoms. The van der Waals surface area contributed by atoms with Gasteiger partial charge in [0.1, 0.15) is 5.75 Å². The molecule has 0 bridgehead atoms. The Bertz CT molecular complexity index is 903. The second-order valence-electron chi connectivity index (χ2n) is 8.00. The number of amides is 1. The van der Waals surface area contributed by atoms with E-state index in [1.54, 1.807) is 38.1 Å². The second-order valence-corrected chi connectivity index (χ2v) is 8.00. The van der Waals surface area contributed by atoms with E-state index in [4.69, 9.17) is 4.74 Å². The molecular formula is C22H23NO4. The van der Waals surface area contributed by atoms with E-state index < -0.39 is 11.4 Å². The maximum atomic E-state index is 12.8. The average molecular weight is 365 g/mol. The zero-order chi connectivity index (χ0) is 19.2. The topological polar surface area (TPSA) is 75.6 Å². The molecule has 1 heterocycles. The van der Waals surface area contributed by atoms with Gasteiger partial charge in [0, 0.05) is 22.6 Å². The summed E-state index contributed by atoms with van der Waals surface area (Å²) < 4.78 is 5.73. The number of nitrogens with one attached hydrogen (secondary N) is 1. The van der Waals surface area contributed by atoms with Crippen LogP contribution in [0.25, 0.3) is 0 Å². The smallest absolute Gasteiger partial charge is 0.313 e. The Morgan fingerprint density at radius 1 is 1.15 bits per heavy atom. The predicted molar refractivity (Wildman–Crippen MR) is 102 cm³/mol. The number of anilines is 1. The summed E-state index contributed by atoms with van der Waals surface area (Å²) in [6.45, 7) is 3.97. The third kappa shape index (κ3) is 2.87. The van der Waals surface area contributed by atoms with E-state index in [0.29, 0.717) is 17.9 Å². The molecule has 0 aromatic heterocycles. The van der Waals surface area contributed by atoms with Crippen LogP contribution in [0.3, 0.4) is 0 Å². The van der Waals surface area contributed by atoms with Gasteiger partial charge in [0.15, 0.2) is 0 Å². The van der Waals surface area contributed by atoms with E-state index in [0.717, 1.165) is 24.2 Å². The van der Waals surface area contributed by atoms with Gasteiger partial charge in [0.2, 0.25) is 5.91 Å². The molecule has 0 unspecified atom stereocenters. The fourth-order valence-corrected chi connectivity index (χ4v) is 4.03. The van der Waals surface area contributed by atoms with Crippen LogP contribution in [0.4, 0.5) is 5.69 Å². The highest BCUT2D eigenvalue weighted by molar-refractivity contribution is 5.96. The molecule has 5 nitrogen and oxygen atoms in total. The Kier molecular flexibility index (Phi) is 3.98. The number of rotatable bonds is 4. The molecule has 4 rings (SSSR count). The quantitative estimate of drug-likeness (QED) is 0.866. The third-order valence-electron chi connectivity index (χ3n) is 6.03. The van der Waals surface area contributed by atoms with Gasteiger partial charge in [-0.2, -0.15) is 0 Å². The van der Waals surface area contributed by atoms with Crippen molar-refractivity contribution in [1.29, 1.82) is 0 Å². The maximum Gasteiger partial charge on any atom is 0.313 e. The summed E-state index contributed by atoms with van der Waals surface area (Å²) in [7, 11) is 0. The van der Waals surface area contributed by atoms with Crippen molar-refractivity contribution < 1.29 is 19.4 Å². The molecule has 27 heavy (non-hydrogen) atoms. The first-order valence-corrected chi connectivity index (χ1v) is 9.22. The van der Waals surface area contributed by atoms with Crippen molar-refractivity contribution in [3.05, 3.63) is 59.7 Å². The van der Waals surface area contributed by atoms with Gasteiger partial charge in [-0.1, -0.05) is 30.3 Å². The van der Waals surface area contributed by atoms with Crippen LogP contribution in [0.5, 0.6) is 5.75 Å². The monoisotopic (exact) mass is 365 g/mol. The van der Waals surface area contributed by atoms with E-state index >= 15 is 0 Å². The normalized spacial score (nSPS) is 23.3. The molecule has 2 aromatic rings. The van der Waals surface area contributed by atoms with Gasteiger partial charge in [0.25, 0.3) is 0 Å². The minimum absolute atomic E-state index is 0.0111. The van der Waals surface area contributed by atoms with Crippen LogP contribution in [0, 0.1) is 5.92 Å². The molecule has 5 heteroatoms. The summed E-state index contributed by atoms with van der Waals surface area (Å²) in [5.41, 5.74) is 1.45. The van der Waals surface area contributed by atoms with E-state index in [-0.39, 0.29) is 17.2 Å². The highest BCUT2D eigenvalue weighted by Crippen LogP contribution is 2.60. The van der Waals surface area contributed by atoms with Gasteiger partial charge >= 0.3 is 5.97 Å². The van der Waals surface area contributed by atoms with Gasteiger partial charge in [0.05, 0.1) is 12.0 Å². The van der Waals surface area contributed by atoms with E-state index in [1.165, 1.54) is 0 Å². The molecule has 1 aliphatic carbocycles. The number of carboxylic acids is 1. The Labute approximate surface area is 158 Å². The van der Waals surface area contributed by atoms with Crippen LogP contribution >= 0.6 is 0 Å². The van der Waals surface area contributed by atoms with Crippen LogP contribution in [0.1, 0.15) is 37.8 Å². The van der Waals surface area contributed by atoms with Crippen molar-refractivity contribution in [2.24, 2.45) is 5.92 Å². The molecular weight excluding hydrogens is 342 g/mol. The molecule has 2 aliphatic rings. The first-order chi connectivity index (χ1) is 12.8. The third-order valence-corrected chi connectivity index (χ3v) is 6.03. The Balaban J connectivity index is 1.48. The summed E-state index contributed by atoms with van der Waals surface area (Å²) in [6.07, 6.45) is 1.69. The summed E-state index contributed by atoms with van der Waals surface area (Å²) in [4.78, 5) is 24.2. The average Bonchev–Trinajstić information content (AvgIpc) is 3.37. The van der Waals surface area contributed by atoms with Crippen LogP contribution in [-0.2, 0) is 20.4 Å². The number of carboxylic acid groups (broad SMARTS) is 1. The second kappa shape index (κ2) is 6.12. The first kappa shape index (κ1) is 17.6. The highest BCUT2D eigenvalue weighted by atomic mass is 16.5. The van der Waals surface area contributed by atoms with Gasteiger partial charge in [-0.3, -0.25) is 9.59 Å². The minimum Gasteiger partial charge on any atom is -0.493 e. The highest BCUT2D eigenvalue weighted by Gasteiger charge is 2.60. The van der Waals surface area contributed by atoms with Crippen LogP contribution < -0.4 is 10.1 Å². The van der Waals surface area contributed by atoms with Crippen LogP contribution in [0.15, 0.2) is 48.5 Å². The van der Waals surface area contributed by atoms with E-state index in [1.807, 2.05) is 18.2 Å². The molecule has 1 saturated carbocycles. The lowest BCUT2D eigenvalue weighted by Crippen LogP contribution is -2.28. The summed E-state index contributed by atoms with van der Waals surface area (Å²) in [6, 6.07) is 15.0. The van der Waals surface area contributed by atoms with Gasteiger partial charge in [-0.15, -0.1) is 0 Å². The number of para-hydroxylation sites is 1. The fourth-order valence-electron chi connectivity index (χ4n) is 4.03. The Hall–Kier alpha value is -2.82. The van der Waals surface area contributed by atoms with Crippen molar-refractivity contribution in [3.63, 3.8) is 0 Å². The SMILES string of the molecule is CC(C)(C(=O)O)c1ccc(NC(=O)[C@@H]2C[C@]23CCOc2ccccc23)cc1. The van der Waals surface area contributed by atoms with E-state index in [2.05, 4.69) is 11.4 Å². The number of carbonyl (C=O) groups is 2. The largest absolute Gasteiger partial charge is 0.493 e. The Morgan fingerprint density at radius 2 is 1.85 bits per heavy atom. The Morgan fingerprint density at radius 3 is 2.56 bits per heavy atom. The minimum atomic E-state index is -0.963. The molecule has 1 fully saturated rings. The molecule has 0 radical (unpaired) electrons. The number of hydrogen-bond donors (Lipinski definition) is 2. The molecule has 2 atom stereocenters. The van der Waals surface area contributed by atoms with Crippen molar-refractivity contribution in [2.45, 2.75) is 37.5 Å². The van der Waals surface area contributed by atoms with Crippen molar-refractivity contribution in [2.75, 3.05) is 11.9 Å². The predicted octanol–water partition coefficient (Wildman–Crippen LogP) is 3.73. The summed E-state index contributed by atoms with van der Waals surface area (Å²) in [5, 5.41) is 12.3. The number of hydrogen-bond acceptors (Lipinski definition) is 3. The first-order valence-electron chi connectivity index (χ1n) is 9.22. The zero-order valence-corrected chi connectivity index (χ0v) is 15.5. The van der Waals surface area contributed by atoms with Crippen LogP contribution in [0.2, 0.25) is 0 Å². The number of ether oxygens (including phenoxy) is 1. The van der Waals surface area contributed by atoms with Crippen molar-refractivity contribution in [3.8, 4) is 5.75 Å². The molecule has 2 N–H and O–H groups in total. The summed E-state index contributed by atoms with van der Waals surface area (Å²) in [5.74, 6) is -0.0358. The summed E-state index contributed by atoms with van der Waals surface area (Å²) >= 11 is 0. The maximum absolute atomic E-state index is 12.8. The standard InChI is InChI=1S/C22H23NO4/c1-21(2,20(25)26)14-7-9-15(10-8-14)23-19(24)17-13-22(17)11-12-27-18-6-4-3-5-16(18)22/h3-10,17H,11-13H2,1-2H3,(H,23,24)(H,25,26)/t17-,22-/m0/s1. The molecule has 140 valence electrons. The van der Waals surface area contributed by atoms with E-state index in [9.17, 15) is 14.7 Å². The molecule has 0 saturated heterocycles. The van der Waals surface area contributed by atoms with Crippen molar-refractivity contribution in [1.82, 2.24) is 0 Å². The lowest BCUT2D eigenvalue weighted by molar-refractivity contribution is -0.142. The zero-order valence-electron chi connectivity index (χ0n) is 15.5. The van der Waals surface area contributed by atoms with Gasteiger partial charge in [-0.25, -0.2) is 0 Å². The van der Waals surface area contributed by atoms with Gasteiger partial charge in [-0.05, 0) is 50.5 Å². The fraction of sp³-hybridized carbons (Fsp3) is 0.364. The van der Waals surface area contributed by atoms with Crippen LogP contribution in [-0.4, -0.2) is 23.6 Å². The number of fused-ring (bicyclic) bond motifs is 2. The molecule has 1 amide bonds. The lowest BCUT2D eigenvalue weighted by atomic mass is 9.85. The van der Waals surface area contributed by atoms with Crippen molar-refractivity contribution >= 4 is 17.6 Å². The number of aliphatic carboxylic acids is 1. The number of benzene rings is 2. The molecule has 1 aliphatic heterocycles. The number of carbonyl (C=O) groups excluding carboxylic acids is 1. The van der Waals surface area contributed by atoms with Gasteiger partial charge < -0.3 is 15.2 Å². The lowest BCUT2D eigenvalue weighted by Gasteiger charge is -2.26.